The van der Waals surface area contributed by atoms with Crippen LogP contribution in [-0.2, 0) is 0 Å². The van der Waals surface area contributed by atoms with E-state index < -0.39 is 5.97 Å². The minimum atomic E-state index is -0.861. The number of benzene rings is 1. The van der Waals surface area contributed by atoms with E-state index in [2.05, 4.69) is 18.4 Å². The van der Waals surface area contributed by atoms with Crippen molar-refractivity contribution in [2.24, 2.45) is 0 Å². The number of nitrogens with zero attached hydrogens (tertiary/aromatic N) is 1. The van der Waals surface area contributed by atoms with E-state index in [0.717, 1.165) is 22.9 Å². The van der Waals surface area contributed by atoms with Crippen LogP contribution in [0.3, 0.4) is 0 Å². The van der Waals surface area contributed by atoms with Crippen molar-refractivity contribution in [2.45, 2.75) is 33.2 Å². The van der Waals surface area contributed by atoms with Crippen LogP contribution in [0.2, 0.25) is 0 Å². The van der Waals surface area contributed by atoms with Crippen molar-refractivity contribution in [3.63, 3.8) is 0 Å². The maximum atomic E-state index is 11.2. The van der Waals surface area contributed by atoms with Crippen LogP contribution in [0, 0.1) is 6.92 Å². The Bertz CT molecular complexity index is 569. The monoisotopic (exact) mass is 231 g/mol. The Morgan fingerprint density at radius 1 is 1.47 bits per heavy atom. The van der Waals surface area contributed by atoms with Crippen LogP contribution in [-0.4, -0.2) is 15.6 Å². The molecule has 90 valence electrons. The third kappa shape index (κ3) is 1.82. The average Bonchev–Trinajstić information content (AvgIpc) is 2.66. The zero-order chi connectivity index (χ0) is 12.6. The van der Waals surface area contributed by atoms with E-state index in [9.17, 15) is 9.90 Å². The number of carbonyl (C=O) groups is 1. The lowest BCUT2D eigenvalue weighted by Crippen LogP contribution is -2.02. The molecule has 1 unspecified atom stereocenters. The van der Waals surface area contributed by atoms with Crippen LogP contribution in [0.5, 0.6) is 0 Å². The summed E-state index contributed by atoms with van der Waals surface area (Å²) in [6.45, 7) is 6.24. The summed E-state index contributed by atoms with van der Waals surface area (Å²) in [5, 5.41) is 10.1. The third-order valence-electron chi connectivity index (χ3n) is 3.34. The van der Waals surface area contributed by atoms with Gasteiger partial charge in [-0.3, -0.25) is 0 Å². The highest BCUT2D eigenvalue weighted by atomic mass is 16.4. The lowest BCUT2D eigenvalue weighted by molar-refractivity contribution is 0.0699. The Labute approximate surface area is 101 Å². The first-order valence-corrected chi connectivity index (χ1v) is 5.89. The molecule has 3 heteroatoms. The molecule has 0 aliphatic carbocycles. The highest BCUT2D eigenvalue weighted by Crippen LogP contribution is 2.28. The molecule has 1 heterocycles. The molecule has 0 aliphatic rings. The zero-order valence-corrected chi connectivity index (χ0v) is 10.4. The number of carboxylic acid groups (broad SMARTS) is 1. The molecular formula is C14H17NO2. The summed E-state index contributed by atoms with van der Waals surface area (Å²) in [6.07, 6.45) is 3.08. The number of carboxylic acids is 1. The van der Waals surface area contributed by atoms with E-state index in [0.29, 0.717) is 11.6 Å². The molecule has 0 saturated carbocycles. The standard InChI is InChI=1S/C14H17NO2/c1-4-10(3)15-8-9(2)13-11(14(16)17)6-5-7-12(13)15/h5-8,10H,4H2,1-3H3,(H,16,17). The summed E-state index contributed by atoms with van der Waals surface area (Å²) < 4.78 is 2.16. The fourth-order valence-electron chi connectivity index (χ4n) is 2.25. The Kier molecular flexibility index (Phi) is 2.92. The number of aryl methyl sites for hydroxylation is 1. The first kappa shape index (κ1) is 11.7. The van der Waals surface area contributed by atoms with Crippen LogP contribution < -0.4 is 0 Å². The van der Waals surface area contributed by atoms with E-state index in [4.69, 9.17) is 0 Å². The second-order valence-electron chi connectivity index (χ2n) is 4.48. The quantitative estimate of drug-likeness (QED) is 0.876. The number of aromatic nitrogens is 1. The highest BCUT2D eigenvalue weighted by Gasteiger charge is 2.15. The topological polar surface area (TPSA) is 42.2 Å². The first-order valence-electron chi connectivity index (χ1n) is 5.89. The molecule has 0 amide bonds. The van der Waals surface area contributed by atoms with E-state index in [1.807, 2.05) is 25.3 Å². The van der Waals surface area contributed by atoms with Crippen LogP contribution in [0.4, 0.5) is 0 Å². The SMILES string of the molecule is CCC(C)n1cc(C)c2c(C(=O)O)cccc21. The minimum Gasteiger partial charge on any atom is -0.478 e. The molecule has 0 radical (unpaired) electrons. The summed E-state index contributed by atoms with van der Waals surface area (Å²) in [6, 6.07) is 5.85. The van der Waals surface area contributed by atoms with Gasteiger partial charge in [-0.15, -0.1) is 0 Å². The zero-order valence-electron chi connectivity index (χ0n) is 10.4. The molecule has 0 spiro atoms. The van der Waals surface area contributed by atoms with Crippen LogP contribution in [0.15, 0.2) is 24.4 Å². The molecule has 1 atom stereocenters. The molecular weight excluding hydrogens is 214 g/mol. The lowest BCUT2D eigenvalue weighted by atomic mass is 10.1. The molecule has 2 aromatic rings. The number of hydrogen-bond acceptors (Lipinski definition) is 1. The molecule has 1 N–H and O–H groups in total. The third-order valence-corrected chi connectivity index (χ3v) is 3.34. The molecule has 0 saturated heterocycles. The fraction of sp³-hybridized carbons (Fsp3) is 0.357. The van der Waals surface area contributed by atoms with Crippen molar-refractivity contribution in [2.75, 3.05) is 0 Å². The number of hydrogen-bond donors (Lipinski definition) is 1. The van der Waals surface area contributed by atoms with Crippen LogP contribution in [0.1, 0.15) is 42.2 Å². The van der Waals surface area contributed by atoms with E-state index in [1.54, 1.807) is 6.07 Å². The molecule has 0 aliphatic heterocycles. The van der Waals surface area contributed by atoms with Gasteiger partial charge in [0.25, 0.3) is 0 Å². The molecule has 3 nitrogen and oxygen atoms in total. The second-order valence-corrected chi connectivity index (χ2v) is 4.48. The summed E-state index contributed by atoms with van der Waals surface area (Å²) >= 11 is 0. The molecule has 2 rings (SSSR count). The average molecular weight is 231 g/mol. The summed E-state index contributed by atoms with van der Waals surface area (Å²) in [5.41, 5.74) is 2.43. The molecule has 0 bridgehead atoms. The summed E-state index contributed by atoms with van der Waals surface area (Å²) in [4.78, 5) is 11.2. The minimum absolute atomic E-state index is 0.384. The Hall–Kier alpha value is -1.77. The predicted molar refractivity (Wildman–Crippen MR) is 68.6 cm³/mol. The van der Waals surface area contributed by atoms with Crippen molar-refractivity contribution < 1.29 is 9.90 Å². The smallest absolute Gasteiger partial charge is 0.336 e. The highest BCUT2D eigenvalue weighted by molar-refractivity contribution is 6.04. The number of rotatable bonds is 3. The van der Waals surface area contributed by atoms with E-state index in [1.165, 1.54) is 0 Å². The van der Waals surface area contributed by atoms with Gasteiger partial charge in [0, 0.05) is 23.1 Å². The molecule has 0 fully saturated rings. The lowest BCUT2D eigenvalue weighted by Gasteiger charge is -2.12. The Morgan fingerprint density at radius 3 is 2.76 bits per heavy atom. The van der Waals surface area contributed by atoms with E-state index >= 15 is 0 Å². The van der Waals surface area contributed by atoms with Crippen molar-refractivity contribution in [1.29, 1.82) is 0 Å². The summed E-state index contributed by atoms with van der Waals surface area (Å²) in [7, 11) is 0. The maximum absolute atomic E-state index is 11.2. The van der Waals surface area contributed by atoms with Gasteiger partial charge in [-0.25, -0.2) is 4.79 Å². The normalized spacial score (nSPS) is 12.9. The van der Waals surface area contributed by atoms with Gasteiger partial charge in [0.1, 0.15) is 0 Å². The predicted octanol–water partition coefficient (Wildman–Crippen LogP) is 3.62. The fourth-order valence-corrected chi connectivity index (χ4v) is 2.25. The molecule has 1 aromatic carbocycles. The van der Waals surface area contributed by atoms with Gasteiger partial charge in [-0.1, -0.05) is 13.0 Å². The second kappa shape index (κ2) is 4.24. The van der Waals surface area contributed by atoms with Gasteiger partial charge in [-0.2, -0.15) is 0 Å². The molecule has 17 heavy (non-hydrogen) atoms. The van der Waals surface area contributed by atoms with Gasteiger partial charge >= 0.3 is 5.97 Å². The Balaban J connectivity index is 2.77. The van der Waals surface area contributed by atoms with E-state index in [-0.39, 0.29) is 0 Å². The van der Waals surface area contributed by atoms with Crippen LogP contribution >= 0.6 is 0 Å². The Morgan fingerprint density at radius 2 is 2.18 bits per heavy atom. The van der Waals surface area contributed by atoms with Gasteiger partial charge in [-0.05, 0) is 38.0 Å². The van der Waals surface area contributed by atoms with Crippen molar-refractivity contribution >= 4 is 16.9 Å². The molecule has 1 aromatic heterocycles. The van der Waals surface area contributed by atoms with Crippen molar-refractivity contribution in [3.05, 3.63) is 35.5 Å². The largest absolute Gasteiger partial charge is 0.478 e. The number of aromatic carboxylic acids is 1. The first-order chi connectivity index (χ1) is 8.06. The maximum Gasteiger partial charge on any atom is 0.336 e. The van der Waals surface area contributed by atoms with Gasteiger partial charge < -0.3 is 9.67 Å². The van der Waals surface area contributed by atoms with Gasteiger partial charge in [0.15, 0.2) is 0 Å². The van der Waals surface area contributed by atoms with Crippen LogP contribution in [0.25, 0.3) is 10.9 Å². The summed E-state index contributed by atoms with van der Waals surface area (Å²) in [5.74, 6) is -0.861. The van der Waals surface area contributed by atoms with Gasteiger partial charge in [0.2, 0.25) is 0 Å². The van der Waals surface area contributed by atoms with Gasteiger partial charge in [0.05, 0.1) is 5.56 Å². The van der Waals surface area contributed by atoms with Crippen molar-refractivity contribution in [3.8, 4) is 0 Å². The van der Waals surface area contributed by atoms with Crippen molar-refractivity contribution in [1.82, 2.24) is 4.57 Å². The number of fused-ring (bicyclic) bond motifs is 1.